The number of nitrogens with two attached hydrogens (primary N) is 1. The number of ether oxygens (including phenoxy) is 1. The zero-order chi connectivity index (χ0) is 20.8. The maximum Gasteiger partial charge on any atom is 0.259 e. The summed E-state index contributed by atoms with van der Waals surface area (Å²) >= 11 is 1.47. The largest absolute Gasteiger partial charge is 0.486 e. The van der Waals surface area contributed by atoms with Gasteiger partial charge in [-0.15, -0.1) is 0 Å². The molecule has 0 saturated carbocycles. The molecule has 0 aliphatic carbocycles. The minimum absolute atomic E-state index is 0.288. The van der Waals surface area contributed by atoms with Crippen molar-refractivity contribution < 1.29 is 13.9 Å². The molecule has 1 amide bonds. The number of amidine groups is 1. The van der Waals surface area contributed by atoms with E-state index in [9.17, 15) is 9.18 Å². The molecular formula is C22H24FN3O2S. The fourth-order valence-electron chi connectivity index (χ4n) is 3.89. The van der Waals surface area contributed by atoms with Gasteiger partial charge >= 0.3 is 0 Å². The van der Waals surface area contributed by atoms with E-state index in [-0.39, 0.29) is 17.3 Å². The lowest BCUT2D eigenvalue weighted by atomic mass is 9.89. The lowest BCUT2D eigenvalue weighted by Crippen LogP contribution is -2.30. The average molecular weight is 414 g/mol. The van der Waals surface area contributed by atoms with Crippen LogP contribution in [-0.4, -0.2) is 22.4 Å². The number of carbonyl (C=O) groups is 1. The Kier molecular flexibility index (Phi) is 4.81. The molecule has 2 aromatic carbocycles. The summed E-state index contributed by atoms with van der Waals surface area (Å²) < 4.78 is 20.6. The standard InChI is InChI=1S/C22H24FN3O2S/c1-21(2)12-13-5-4-6-15(18(13)28-21)19(27)25-14-7-8-17(23)16(11-14)22(3)9-10-29-20(24)26-22/h4-8,11H,9-10,12H2,1-3H3,(H2,24,26)(H,25,27). The first kappa shape index (κ1) is 19.8. The van der Waals surface area contributed by atoms with Gasteiger partial charge in [-0.1, -0.05) is 23.9 Å². The number of carbonyl (C=O) groups excluding carboxylic acids is 1. The van der Waals surface area contributed by atoms with Gasteiger partial charge in [-0.3, -0.25) is 9.79 Å². The first-order chi connectivity index (χ1) is 13.7. The maximum atomic E-state index is 14.6. The van der Waals surface area contributed by atoms with Crippen LogP contribution >= 0.6 is 11.8 Å². The summed E-state index contributed by atoms with van der Waals surface area (Å²) in [5.74, 6) is 0.737. The zero-order valence-corrected chi connectivity index (χ0v) is 17.5. The van der Waals surface area contributed by atoms with E-state index in [1.165, 1.54) is 17.8 Å². The van der Waals surface area contributed by atoms with Gasteiger partial charge in [0.05, 0.1) is 11.1 Å². The Morgan fingerprint density at radius 3 is 2.83 bits per heavy atom. The smallest absolute Gasteiger partial charge is 0.259 e. The van der Waals surface area contributed by atoms with Crippen LogP contribution in [0.2, 0.25) is 0 Å². The van der Waals surface area contributed by atoms with Gasteiger partial charge in [0.2, 0.25) is 0 Å². The van der Waals surface area contributed by atoms with Crippen LogP contribution in [0, 0.1) is 5.82 Å². The number of para-hydroxylation sites is 1. The van der Waals surface area contributed by atoms with Gasteiger partial charge < -0.3 is 15.8 Å². The fourth-order valence-corrected chi connectivity index (χ4v) is 4.86. The number of halogens is 1. The van der Waals surface area contributed by atoms with E-state index in [4.69, 9.17) is 10.5 Å². The molecule has 2 aliphatic rings. The van der Waals surface area contributed by atoms with Crippen LogP contribution in [0.1, 0.15) is 48.7 Å². The summed E-state index contributed by atoms with van der Waals surface area (Å²) in [6.45, 7) is 5.86. The molecule has 152 valence electrons. The molecule has 2 heterocycles. The number of hydrogen-bond acceptors (Lipinski definition) is 5. The van der Waals surface area contributed by atoms with Crippen LogP contribution in [-0.2, 0) is 12.0 Å². The van der Waals surface area contributed by atoms with Crippen molar-refractivity contribution in [3.63, 3.8) is 0 Å². The average Bonchev–Trinajstić information content (AvgIpc) is 2.96. The van der Waals surface area contributed by atoms with Crippen molar-refractivity contribution in [2.45, 2.75) is 44.8 Å². The Hall–Kier alpha value is -2.54. The Morgan fingerprint density at radius 2 is 2.07 bits per heavy atom. The number of nitrogens with zero attached hydrogens (tertiary/aromatic N) is 1. The van der Waals surface area contributed by atoms with Crippen molar-refractivity contribution in [1.29, 1.82) is 0 Å². The third-order valence-corrected chi connectivity index (χ3v) is 6.13. The summed E-state index contributed by atoms with van der Waals surface area (Å²) in [6, 6.07) is 10.1. The molecule has 0 aromatic heterocycles. The fraction of sp³-hybridized carbons (Fsp3) is 0.364. The van der Waals surface area contributed by atoms with E-state index in [1.54, 1.807) is 18.2 Å². The van der Waals surface area contributed by atoms with E-state index < -0.39 is 5.54 Å². The Labute approximate surface area is 173 Å². The molecular weight excluding hydrogens is 389 g/mol. The van der Waals surface area contributed by atoms with E-state index >= 15 is 0 Å². The highest BCUT2D eigenvalue weighted by molar-refractivity contribution is 8.13. The number of nitrogens with one attached hydrogen (secondary N) is 1. The number of amides is 1. The van der Waals surface area contributed by atoms with Crippen molar-refractivity contribution in [3.8, 4) is 5.75 Å². The summed E-state index contributed by atoms with van der Waals surface area (Å²) in [5.41, 5.74) is 7.21. The predicted octanol–water partition coefficient (Wildman–Crippen LogP) is 4.46. The molecule has 7 heteroatoms. The first-order valence-corrected chi connectivity index (χ1v) is 10.6. The van der Waals surface area contributed by atoms with E-state index in [0.29, 0.717) is 34.2 Å². The highest BCUT2D eigenvalue weighted by Crippen LogP contribution is 2.39. The third-order valence-electron chi connectivity index (χ3n) is 5.34. The lowest BCUT2D eigenvalue weighted by Gasteiger charge is -2.30. The number of hydrogen-bond donors (Lipinski definition) is 2. The molecule has 2 aliphatic heterocycles. The van der Waals surface area contributed by atoms with Crippen molar-refractivity contribution in [1.82, 2.24) is 0 Å². The molecule has 0 bridgehead atoms. The Balaban J connectivity index is 1.63. The van der Waals surface area contributed by atoms with Gasteiger partial charge in [-0.05, 0) is 57.0 Å². The third kappa shape index (κ3) is 3.83. The number of rotatable bonds is 3. The van der Waals surface area contributed by atoms with Gasteiger partial charge in [0, 0.05) is 23.4 Å². The summed E-state index contributed by atoms with van der Waals surface area (Å²) in [6.07, 6.45) is 1.42. The van der Waals surface area contributed by atoms with Gasteiger partial charge in [-0.2, -0.15) is 0 Å². The number of anilines is 1. The second kappa shape index (κ2) is 7.06. The number of benzene rings is 2. The second-order valence-electron chi connectivity index (χ2n) is 8.30. The van der Waals surface area contributed by atoms with Gasteiger partial charge in [0.25, 0.3) is 5.91 Å². The van der Waals surface area contributed by atoms with E-state index in [0.717, 1.165) is 17.7 Å². The molecule has 4 rings (SSSR count). The molecule has 2 aromatic rings. The topological polar surface area (TPSA) is 76.7 Å². The summed E-state index contributed by atoms with van der Waals surface area (Å²) in [5, 5.41) is 3.33. The first-order valence-electron chi connectivity index (χ1n) is 9.57. The van der Waals surface area contributed by atoms with Crippen molar-refractivity contribution in [2.24, 2.45) is 10.7 Å². The summed E-state index contributed by atoms with van der Waals surface area (Å²) in [4.78, 5) is 17.4. The maximum absolute atomic E-state index is 14.6. The molecule has 5 nitrogen and oxygen atoms in total. The van der Waals surface area contributed by atoms with Crippen LogP contribution < -0.4 is 15.8 Å². The van der Waals surface area contributed by atoms with Crippen LogP contribution in [0.5, 0.6) is 5.75 Å². The molecule has 0 spiro atoms. The monoisotopic (exact) mass is 413 g/mol. The molecule has 29 heavy (non-hydrogen) atoms. The number of thioether (sulfide) groups is 1. The highest BCUT2D eigenvalue weighted by Gasteiger charge is 2.34. The molecule has 0 fully saturated rings. The molecule has 0 saturated heterocycles. The van der Waals surface area contributed by atoms with Gasteiger partial charge in [0.1, 0.15) is 17.2 Å². The summed E-state index contributed by atoms with van der Waals surface area (Å²) in [7, 11) is 0. The second-order valence-corrected chi connectivity index (χ2v) is 9.42. The quantitative estimate of drug-likeness (QED) is 0.779. The van der Waals surface area contributed by atoms with E-state index in [1.807, 2.05) is 32.9 Å². The van der Waals surface area contributed by atoms with Gasteiger partial charge in [-0.25, -0.2) is 4.39 Å². The Morgan fingerprint density at radius 1 is 1.28 bits per heavy atom. The SMILES string of the molecule is CC1(C)Cc2cccc(C(=O)Nc3ccc(F)c(C4(C)CCSC(N)=N4)c3)c2O1. The highest BCUT2D eigenvalue weighted by atomic mass is 32.2. The minimum atomic E-state index is -0.749. The van der Waals surface area contributed by atoms with Crippen LogP contribution in [0.15, 0.2) is 41.4 Å². The van der Waals surface area contributed by atoms with E-state index in [2.05, 4.69) is 10.3 Å². The number of aliphatic imine (C=N–C) groups is 1. The predicted molar refractivity (Wildman–Crippen MR) is 115 cm³/mol. The normalized spacial score (nSPS) is 22.4. The molecule has 1 atom stereocenters. The van der Waals surface area contributed by atoms with Crippen molar-refractivity contribution in [3.05, 3.63) is 58.9 Å². The molecule has 3 N–H and O–H groups in total. The van der Waals surface area contributed by atoms with Crippen molar-refractivity contribution in [2.75, 3.05) is 11.1 Å². The number of fused-ring (bicyclic) bond motifs is 1. The Bertz CT molecular complexity index is 1020. The van der Waals surface area contributed by atoms with Crippen LogP contribution in [0.4, 0.5) is 10.1 Å². The van der Waals surface area contributed by atoms with Gasteiger partial charge in [0.15, 0.2) is 5.17 Å². The minimum Gasteiger partial charge on any atom is -0.486 e. The van der Waals surface area contributed by atoms with Crippen LogP contribution in [0.25, 0.3) is 0 Å². The zero-order valence-electron chi connectivity index (χ0n) is 16.7. The molecule has 0 radical (unpaired) electrons. The molecule has 1 unspecified atom stereocenters. The van der Waals surface area contributed by atoms with Crippen LogP contribution in [0.3, 0.4) is 0 Å². The van der Waals surface area contributed by atoms with Crippen molar-refractivity contribution >= 4 is 28.5 Å². The lowest BCUT2D eigenvalue weighted by molar-refractivity contribution is 0.101.